The lowest BCUT2D eigenvalue weighted by atomic mass is 9.84. The minimum atomic E-state index is -0.312. The van der Waals surface area contributed by atoms with Crippen LogP contribution in [0.25, 0.3) is 5.65 Å². The number of fused-ring (bicyclic) bond motifs is 3. The van der Waals surface area contributed by atoms with Gasteiger partial charge in [-0.3, -0.25) is 10.2 Å². The van der Waals surface area contributed by atoms with E-state index in [0.29, 0.717) is 48.2 Å². The van der Waals surface area contributed by atoms with Crippen LogP contribution in [0.5, 0.6) is 17.4 Å². The molecule has 0 unspecified atom stereocenters. The number of benzene rings is 1. The number of aliphatic hydroxyl groups is 1. The Labute approximate surface area is 222 Å². The lowest BCUT2D eigenvalue weighted by Gasteiger charge is -2.25. The van der Waals surface area contributed by atoms with Gasteiger partial charge in [0.25, 0.3) is 0 Å². The molecule has 0 fully saturated rings. The zero-order chi connectivity index (χ0) is 26.0. The van der Waals surface area contributed by atoms with Crippen LogP contribution in [0, 0.1) is 5.41 Å². The van der Waals surface area contributed by atoms with Gasteiger partial charge >= 0.3 is 0 Å². The minimum Gasteiger partial charge on any atom is -0.493 e. The number of Topliss-reactive ketones (excluding diaryl/α,β-unsaturated/α-hetero) is 1. The fourth-order valence-electron chi connectivity index (χ4n) is 4.55. The summed E-state index contributed by atoms with van der Waals surface area (Å²) in [5.41, 5.74) is 3.65. The summed E-state index contributed by atoms with van der Waals surface area (Å²) in [6, 6.07) is 3.49. The van der Waals surface area contributed by atoms with Crippen LogP contribution in [0.2, 0.25) is 0 Å². The fraction of sp³-hybridized carbons (Fsp3) is 0.538. The van der Waals surface area contributed by atoms with Crippen LogP contribution < -0.4 is 19.8 Å². The highest BCUT2D eigenvalue weighted by atomic mass is 35.5. The van der Waals surface area contributed by atoms with E-state index < -0.39 is 0 Å². The lowest BCUT2D eigenvalue weighted by Crippen LogP contribution is -2.27. The van der Waals surface area contributed by atoms with Crippen molar-refractivity contribution >= 4 is 23.8 Å². The molecule has 4 rings (SSSR count). The number of hydrogen-bond acceptors (Lipinski definition) is 8. The quantitative estimate of drug-likeness (QED) is 0.303. The number of hydrogen-bond donors (Lipinski definition) is 2. The van der Waals surface area contributed by atoms with Crippen molar-refractivity contribution in [1.82, 2.24) is 19.4 Å². The van der Waals surface area contributed by atoms with Gasteiger partial charge in [0.2, 0.25) is 11.5 Å². The summed E-state index contributed by atoms with van der Waals surface area (Å²) in [6.07, 6.45) is 3.16. The van der Waals surface area contributed by atoms with E-state index in [9.17, 15) is 4.79 Å². The van der Waals surface area contributed by atoms with Gasteiger partial charge in [-0.2, -0.15) is 4.52 Å². The highest BCUT2D eigenvalue weighted by Gasteiger charge is 2.27. The number of halogens is 1. The molecule has 0 saturated carbocycles. The van der Waals surface area contributed by atoms with E-state index in [2.05, 4.69) is 10.2 Å². The molecular formula is C26H36ClN5O5. The summed E-state index contributed by atoms with van der Waals surface area (Å²) in [6.45, 7) is 8.70. The van der Waals surface area contributed by atoms with Gasteiger partial charge in [0.1, 0.15) is 6.54 Å². The minimum absolute atomic E-state index is 0. The molecule has 3 aromatic rings. The van der Waals surface area contributed by atoms with E-state index in [0.717, 1.165) is 36.0 Å². The number of nitrogens with one attached hydrogen (secondary N) is 1. The van der Waals surface area contributed by atoms with Gasteiger partial charge in [0.15, 0.2) is 22.9 Å². The van der Waals surface area contributed by atoms with Gasteiger partial charge in [0.05, 0.1) is 20.3 Å². The molecular weight excluding hydrogens is 498 g/mol. The number of ether oxygens (including phenoxy) is 3. The van der Waals surface area contributed by atoms with Crippen molar-refractivity contribution in [3.05, 3.63) is 40.0 Å². The number of aromatic nitrogens is 4. The summed E-state index contributed by atoms with van der Waals surface area (Å²) < 4.78 is 20.1. The molecule has 1 aliphatic rings. The Morgan fingerprint density at radius 2 is 1.89 bits per heavy atom. The molecule has 1 aliphatic carbocycles. The van der Waals surface area contributed by atoms with Crippen molar-refractivity contribution < 1.29 is 24.1 Å². The Balaban J connectivity index is 0.00000380. The van der Waals surface area contributed by atoms with Gasteiger partial charge < -0.3 is 19.3 Å². The second kappa shape index (κ2) is 11.5. The summed E-state index contributed by atoms with van der Waals surface area (Å²) >= 11 is 0. The fourth-order valence-corrected chi connectivity index (χ4v) is 4.55. The maximum atomic E-state index is 13.5. The van der Waals surface area contributed by atoms with Gasteiger partial charge in [-0.05, 0) is 43.7 Å². The molecule has 2 aromatic heterocycles. The molecule has 10 nitrogen and oxygen atoms in total. The number of aryl methyl sites for hydroxylation is 1. The normalized spacial score (nSPS) is 12.8. The molecule has 0 radical (unpaired) electrons. The third-order valence-corrected chi connectivity index (χ3v) is 6.32. The third-order valence-electron chi connectivity index (χ3n) is 6.32. The predicted octanol–water partition coefficient (Wildman–Crippen LogP) is 3.27. The monoisotopic (exact) mass is 533 g/mol. The molecule has 0 aliphatic heterocycles. The summed E-state index contributed by atoms with van der Waals surface area (Å²) in [5, 5.41) is 26.9. The molecule has 0 spiro atoms. The number of ketones is 1. The first-order chi connectivity index (χ1) is 17.2. The first-order valence-electron chi connectivity index (χ1n) is 12.4. The molecule has 0 atom stereocenters. The number of rotatable bonds is 10. The molecule has 0 amide bonds. The number of carbonyl (C=O) groups excluding carboxylic acids is 1. The van der Waals surface area contributed by atoms with Gasteiger partial charge in [-0.1, -0.05) is 20.8 Å². The Morgan fingerprint density at radius 1 is 1.16 bits per heavy atom. The first-order valence-corrected chi connectivity index (χ1v) is 12.4. The lowest BCUT2D eigenvalue weighted by molar-refractivity contribution is 0.0964. The van der Waals surface area contributed by atoms with Crippen LogP contribution in [0.3, 0.4) is 0 Å². The number of aliphatic hydroxyl groups excluding tert-OH is 1. The predicted molar refractivity (Wildman–Crippen MR) is 140 cm³/mol. The SMILES string of the molecule is CCOc1nn2c(=N)n(CC(=O)c3cc(OCCCO)c(OC)c(C(C)(C)C)c3)nc2c2c1CCC2.Cl. The molecule has 202 valence electrons. The zero-order valence-corrected chi connectivity index (χ0v) is 22.9. The number of carbonyl (C=O) groups is 1. The van der Waals surface area contributed by atoms with Gasteiger partial charge in [-0.25, -0.2) is 4.68 Å². The molecule has 2 heterocycles. The summed E-state index contributed by atoms with van der Waals surface area (Å²) in [4.78, 5) is 13.5. The van der Waals surface area contributed by atoms with Crippen LogP contribution in [0.15, 0.2) is 12.1 Å². The Kier molecular flexibility index (Phi) is 8.86. The van der Waals surface area contributed by atoms with E-state index >= 15 is 0 Å². The van der Waals surface area contributed by atoms with Crippen LogP contribution in [-0.2, 0) is 24.8 Å². The second-order valence-corrected chi connectivity index (χ2v) is 9.92. The number of methoxy groups -OCH3 is 1. The Hall–Kier alpha value is -3.11. The molecule has 0 saturated heterocycles. The van der Waals surface area contributed by atoms with Crippen molar-refractivity contribution in [1.29, 1.82) is 5.41 Å². The van der Waals surface area contributed by atoms with Crippen molar-refractivity contribution in [2.24, 2.45) is 0 Å². The summed E-state index contributed by atoms with van der Waals surface area (Å²) in [5.74, 6) is 1.35. The number of nitrogens with zero attached hydrogens (tertiary/aromatic N) is 4. The second-order valence-electron chi connectivity index (χ2n) is 9.92. The van der Waals surface area contributed by atoms with Crippen LogP contribution in [-0.4, -0.2) is 57.2 Å². The van der Waals surface area contributed by atoms with E-state index in [4.69, 9.17) is 24.7 Å². The van der Waals surface area contributed by atoms with Crippen molar-refractivity contribution in [3.8, 4) is 17.4 Å². The average molecular weight is 534 g/mol. The van der Waals surface area contributed by atoms with Crippen LogP contribution in [0.4, 0.5) is 0 Å². The Bertz CT molecular complexity index is 1340. The van der Waals surface area contributed by atoms with Crippen molar-refractivity contribution in [2.75, 3.05) is 26.9 Å². The molecule has 0 bridgehead atoms. The standard InChI is InChI=1S/C26H35N5O5.ClH/c1-6-35-24-18-10-7-9-17(18)23-28-30(25(27)31(23)29-24)15-20(33)16-13-19(26(2,3)4)22(34-5)21(14-16)36-12-8-11-32;/h13-14,27,32H,6-12,15H2,1-5H3;1H. The van der Waals surface area contributed by atoms with E-state index in [1.165, 1.54) is 9.20 Å². The topological polar surface area (TPSA) is 124 Å². The molecule has 2 N–H and O–H groups in total. The van der Waals surface area contributed by atoms with Crippen LogP contribution in [0.1, 0.15) is 67.6 Å². The largest absolute Gasteiger partial charge is 0.493 e. The molecule has 37 heavy (non-hydrogen) atoms. The summed E-state index contributed by atoms with van der Waals surface area (Å²) in [7, 11) is 1.58. The maximum Gasteiger partial charge on any atom is 0.242 e. The maximum absolute atomic E-state index is 13.5. The molecule has 1 aromatic carbocycles. The van der Waals surface area contributed by atoms with Crippen LogP contribution >= 0.6 is 12.4 Å². The smallest absolute Gasteiger partial charge is 0.242 e. The van der Waals surface area contributed by atoms with E-state index in [-0.39, 0.29) is 42.4 Å². The molecule has 11 heteroatoms. The highest BCUT2D eigenvalue weighted by Crippen LogP contribution is 2.40. The van der Waals surface area contributed by atoms with Crippen molar-refractivity contribution in [3.63, 3.8) is 0 Å². The highest BCUT2D eigenvalue weighted by molar-refractivity contribution is 5.97. The first kappa shape index (κ1) is 28.5. The average Bonchev–Trinajstić information content (AvgIpc) is 3.44. The Morgan fingerprint density at radius 3 is 2.54 bits per heavy atom. The van der Waals surface area contributed by atoms with E-state index in [1.54, 1.807) is 13.2 Å². The van der Waals surface area contributed by atoms with E-state index in [1.807, 2.05) is 33.8 Å². The van der Waals surface area contributed by atoms with Gasteiger partial charge in [-0.15, -0.1) is 22.6 Å². The third kappa shape index (κ3) is 5.60. The van der Waals surface area contributed by atoms with Crippen molar-refractivity contribution in [2.45, 2.75) is 65.3 Å². The zero-order valence-electron chi connectivity index (χ0n) is 22.1. The van der Waals surface area contributed by atoms with Gasteiger partial charge in [0, 0.05) is 35.3 Å².